The number of hydrogen-bond acceptors (Lipinski definition) is 3. The summed E-state index contributed by atoms with van der Waals surface area (Å²) >= 11 is 7.40. The first-order chi connectivity index (χ1) is 12.4. The van der Waals surface area contributed by atoms with Crippen LogP contribution in [0.5, 0.6) is 0 Å². The van der Waals surface area contributed by atoms with Gasteiger partial charge >= 0.3 is 0 Å². The first-order valence-corrected chi connectivity index (χ1v) is 9.14. The van der Waals surface area contributed by atoms with Crippen molar-refractivity contribution in [3.05, 3.63) is 74.6 Å². The molecule has 0 saturated heterocycles. The lowest BCUT2D eigenvalue weighted by atomic mass is 10.1. The predicted molar refractivity (Wildman–Crippen MR) is 99.7 cm³/mol. The Labute approximate surface area is 158 Å². The molecule has 0 atom stereocenters. The maximum atomic E-state index is 13.3. The van der Waals surface area contributed by atoms with Crippen LogP contribution >= 0.6 is 22.9 Å². The highest BCUT2D eigenvalue weighted by molar-refractivity contribution is 7.09. The minimum Gasteiger partial charge on any atom is -0.352 e. The van der Waals surface area contributed by atoms with Crippen molar-refractivity contribution in [2.24, 2.45) is 0 Å². The Morgan fingerprint density at radius 1 is 1.19 bits per heavy atom. The molecule has 0 spiro atoms. The molecule has 3 aromatic rings. The fraction of sp³-hybridized carbons (Fsp3) is 0.158. The first-order valence-electron chi connectivity index (χ1n) is 7.88. The summed E-state index contributed by atoms with van der Waals surface area (Å²) in [7, 11) is 0. The topological polar surface area (TPSA) is 42.0 Å². The van der Waals surface area contributed by atoms with Gasteiger partial charge in [0.25, 0.3) is 5.91 Å². The number of halogens is 3. The fourth-order valence-corrected chi connectivity index (χ4v) is 3.31. The predicted octanol–water partition coefficient (Wildman–Crippen LogP) is 5.02. The van der Waals surface area contributed by atoms with Crippen LogP contribution in [0.2, 0.25) is 5.02 Å². The van der Waals surface area contributed by atoms with E-state index in [4.69, 9.17) is 11.6 Å². The van der Waals surface area contributed by atoms with Crippen LogP contribution in [-0.4, -0.2) is 17.4 Å². The molecule has 0 aliphatic carbocycles. The van der Waals surface area contributed by atoms with Crippen molar-refractivity contribution >= 4 is 28.8 Å². The zero-order valence-electron chi connectivity index (χ0n) is 13.9. The average molecular weight is 393 g/mol. The molecule has 7 heteroatoms. The van der Waals surface area contributed by atoms with Gasteiger partial charge in [0.05, 0.1) is 21.3 Å². The van der Waals surface area contributed by atoms with Crippen LogP contribution in [0.3, 0.4) is 0 Å². The minimum atomic E-state index is -1.10. The molecule has 0 saturated carbocycles. The second-order valence-corrected chi connectivity index (χ2v) is 7.17. The van der Waals surface area contributed by atoms with Crippen molar-refractivity contribution in [3.8, 4) is 11.3 Å². The van der Waals surface area contributed by atoms with E-state index >= 15 is 0 Å². The Balaban J connectivity index is 1.58. The first kappa shape index (κ1) is 18.5. The van der Waals surface area contributed by atoms with Crippen molar-refractivity contribution in [2.45, 2.75) is 13.3 Å². The number of rotatable bonds is 5. The van der Waals surface area contributed by atoms with Gasteiger partial charge in [0.1, 0.15) is 0 Å². The molecule has 1 heterocycles. The van der Waals surface area contributed by atoms with E-state index < -0.39 is 17.5 Å². The molecule has 1 N–H and O–H groups in total. The van der Waals surface area contributed by atoms with Gasteiger partial charge in [-0.05, 0) is 31.0 Å². The van der Waals surface area contributed by atoms with E-state index in [0.717, 1.165) is 34.0 Å². The number of nitrogens with one attached hydrogen (secondary N) is 1. The molecular formula is C19H15ClF2N2OS. The number of amides is 1. The van der Waals surface area contributed by atoms with Gasteiger partial charge < -0.3 is 5.32 Å². The Morgan fingerprint density at radius 2 is 1.88 bits per heavy atom. The summed E-state index contributed by atoms with van der Waals surface area (Å²) in [4.78, 5) is 16.5. The number of carbonyl (C=O) groups excluding carboxylic acids is 1. The maximum absolute atomic E-state index is 13.3. The van der Waals surface area contributed by atoms with Gasteiger partial charge in [0.15, 0.2) is 11.6 Å². The normalized spacial score (nSPS) is 10.8. The van der Waals surface area contributed by atoms with Crippen molar-refractivity contribution in [1.29, 1.82) is 0 Å². The van der Waals surface area contributed by atoms with E-state index in [-0.39, 0.29) is 10.6 Å². The molecule has 0 unspecified atom stereocenters. The van der Waals surface area contributed by atoms with Crippen LogP contribution in [0.15, 0.2) is 41.8 Å². The summed E-state index contributed by atoms with van der Waals surface area (Å²) in [5.74, 6) is -2.72. The summed E-state index contributed by atoms with van der Waals surface area (Å²) in [5, 5.41) is 5.57. The van der Waals surface area contributed by atoms with Gasteiger partial charge in [-0.1, -0.05) is 35.9 Å². The SMILES string of the molecule is Cc1nc(-c2ccc(CCNC(=O)c3cc(F)c(F)cc3Cl)cc2)cs1. The van der Waals surface area contributed by atoms with Crippen LogP contribution in [0.4, 0.5) is 8.78 Å². The molecule has 0 radical (unpaired) electrons. The highest BCUT2D eigenvalue weighted by atomic mass is 35.5. The highest BCUT2D eigenvalue weighted by Gasteiger charge is 2.14. The molecule has 1 amide bonds. The van der Waals surface area contributed by atoms with Crippen LogP contribution in [0, 0.1) is 18.6 Å². The van der Waals surface area contributed by atoms with Gasteiger partial charge in [-0.25, -0.2) is 13.8 Å². The molecule has 2 aromatic carbocycles. The average Bonchev–Trinajstić information content (AvgIpc) is 3.05. The second kappa shape index (κ2) is 7.93. The van der Waals surface area contributed by atoms with Gasteiger partial charge in [-0.3, -0.25) is 4.79 Å². The summed E-state index contributed by atoms with van der Waals surface area (Å²) in [5.41, 5.74) is 2.94. The van der Waals surface area contributed by atoms with Crippen molar-refractivity contribution < 1.29 is 13.6 Å². The molecule has 1 aromatic heterocycles. The van der Waals surface area contributed by atoms with Crippen molar-refractivity contribution in [3.63, 3.8) is 0 Å². The third kappa shape index (κ3) is 4.26. The summed E-state index contributed by atoms with van der Waals surface area (Å²) in [6.07, 6.45) is 0.601. The zero-order valence-corrected chi connectivity index (χ0v) is 15.4. The number of aromatic nitrogens is 1. The lowest BCUT2D eigenvalue weighted by molar-refractivity contribution is 0.0953. The summed E-state index contributed by atoms with van der Waals surface area (Å²) < 4.78 is 26.3. The minimum absolute atomic E-state index is 0.0835. The maximum Gasteiger partial charge on any atom is 0.252 e. The van der Waals surface area contributed by atoms with E-state index in [2.05, 4.69) is 10.3 Å². The molecule has 0 aliphatic heterocycles. The molecule has 0 fully saturated rings. The molecule has 3 nitrogen and oxygen atoms in total. The Bertz CT molecular complexity index is 941. The van der Waals surface area contributed by atoms with E-state index in [0.29, 0.717) is 13.0 Å². The van der Waals surface area contributed by atoms with Crippen LogP contribution in [-0.2, 0) is 6.42 Å². The number of carbonyl (C=O) groups is 1. The number of thiazole rings is 1. The Hall–Kier alpha value is -2.31. The third-order valence-electron chi connectivity index (χ3n) is 3.82. The quantitative estimate of drug-likeness (QED) is 0.619. The van der Waals surface area contributed by atoms with Gasteiger partial charge in [-0.2, -0.15) is 0 Å². The standard InChI is InChI=1S/C19H15ClF2N2OS/c1-11-24-18(10-26-11)13-4-2-12(3-5-13)6-7-23-19(25)14-8-16(21)17(22)9-15(14)20/h2-5,8-10H,6-7H2,1H3,(H,23,25). The fourth-order valence-electron chi connectivity index (χ4n) is 2.45. The van der Waals surface area contributed by atoms with Gasteiger partial charge in [0.2, 0.25) is 0 Å². The Morgan fingerprint density at radius 3 is 2.54 bits per heavy atom. The van der Waals surface area contributed by atoms with E-state index in [1.807, 2.05) is 36.6 Å². The number of benzene rings is 2. The summed E-state index contributed by atoms with van der Waals surface area (Å²) in [6.45, 7) is 2.31. The summed E-state index contributed by atoms with van der Waals surface area (Å²) in [6, 6.07) is 9.51. The van der Waals surface area contributed by atoms with Crippen molar-refractivity contribution in [1.82, 2.24) is 10.3 Å². The second-order valence-electron chi connectivity index (χ2n) is 5.70. The largest absolute Gasteiger partial charge is 0.352 e. The molecular weight excluding hydrogens is 378 g/mol. The zero-order chi connectivity index (χ0) is 18.7. The molecule has 3 rings (SSSR count). The molecule has 0 bridgehead atoms. The molecule has 26 heavy (non-hydrogen) atoms. The highest BCUT2D eigenvalue weighted by Crippen LogP contribution is 2.22. The lowest BCUT2D eigenvalue weighted by Gasteiger charge is -2.08. The number of aryl methyl sites for hydroxylation is 1. The third-order valence-corrected chi connectivity index (χ3v) is 4.91. The van der Waals surface area contributed by atoms with Gasteiger partial charge in [-0.15, -0.1) is 11.3 Å². The van der Waals surface area contributed by atoms with E-state index in [1.165, 1.54) is 0 Å². The smallest absolute Gasteiger partial charge is 0.252 e. The Kier molecular flexibility index (Phi) is 5.64. The number of nitrogens with zero attached hydrogens (tertiary/aromatic N) is 1. The monoisotopic (exact) mass is 392 g/mol. The number of hydrogen-bond donors (Lipinski definition) is 1. The molecule has 0 aliphatic rings. The van der Waals surface area contributed by atoms with E-state index in [1.54, 1.807) is 11.3 Å². The van der Waals surface area contributed by atoms with Crippen LogP contribution < -0.4 is 5.32 Å². The molecule has 134 valence electrons. The van der Waals surface area contributed by atoms with Crippen LogP contribution in [0.25, 0.3) is 11.3 Å². The lowest BCUT2D eigenvalue weighted by Crippen LogP contribution is -2.26. The van der Waals surface area contributed by atoms with E-state index in [9.17, 15) is 13.6 Å². The van der Waals surface area contributed by atoms with Gasteiger partial charge in [0, 0.05) is 17.5 Å². The van der Waals surface area contributed by atoms with Crippen LogP contribution in [0.1, 0.15) is 20.9 Å². The van der Waals surface area contributed by atoms with Crippen molar-refractivity contribution in [2.75, 3.05) is 6.54 Å².